The number of carbonyl (C=O) groups excluding carboxylic acids is 1. The molecule has 1 aromatic heterocycles. The van der Waals surface area contributed by atoms with Crippen LogP contribution in [0.3, 0.4) is 0 Å². The van der Waals surface area contributed by atoms with Crippen molar-refractivity contribution >= 4 is 39.4 Å². The first kappa shape index (κ1) is 16.7. The second kappa shape index (κ2) is 6.53. The van der Waals surface area contributed by atoms with Crippen molar-refractivity contribution in [2.75, 3.05) is 0 Å². The number of nitro benzene ring substituents is 1. The molecule has 0 aliphatic rings. The Kier molecular flexibility index (Phi) is 4.05. The number of para-hydroxylation sites is 1. The van der Waals surface area contributed by atoms with Crippen LogP contribution in [0.1, 0.15) is 15.9 Å². The van der Waals surface area contributed by atoms with Crippen molar-refractivity contribution in [3.05, 3.63) is 94.0 Å². The third kappa shape index (κ3) is 3.00. The minimum absolute atomic E-state index is 0.0277. The number of nitrogens with zero attached hydrogens (tertiary/aromatic N) is 2. The summed E-state index contributed by atoms with van der Waals surface area (Å²) in [5.74, 6) is -0.108. The van der Waals surface area contributed by atoms with E-state index in [1.165, 1.54) is 18.2 Å². The second-order valence-corrected chi connectivity index (χ2v) is 6.35. The highest BCUT2D eigenvalue weighted by Gasteiger charge is 2.10. The fraction of sp³-hybridized carbons (Fsp3) is 0.0455. The maximum Gasteiger partial charge on any atom is 0.269 e. The van der Waals surface area contributed by atoms with Gasteiger partial charge in [-0.2, -0.15) is 0 Å². The van der Waals surface area contributed by atoms with Crippen LogP contribution in [0.5, 0.6) is 0 Å². The number of ketones is 1. The fourth-order valence-electron chi connectivity index (χ4n) is 3.30. The van der Waals surface area contributed by atoms with E-state index in [-0.39, 0.29) is 11.5 Å². The third-order valence-corrected chi connectivity index (χ3v) is 4.73. The zero-order valence-corrected chi connectivity index (χ0v) is 14.6. The Bertz CT molecular complexity index is 1220. The molecule has 0 bridgehead atoms. The monoisotopic (exact) mass is 356 g/mol. The second-order valence-electron chi connectivity index (χ2n) is 6.35. The Morgan fingerprint density at radius 1 is 0.963 bits per heavy atom. The van der Waals surface area contributed by atoms with Crippen LogP contribution in [0.4, 0.5) is 5.69 Å². The van der Waals surface area contributed by atoms with E-state index in [9.17, 15) is 14.9 Å². The molecule has 3 aromatic carbocycles. The lowest BCUT2D eigenvalue weighted by molar-refractivity contribution is -0.384. The number of aryl methyl sites for hydroxylation is 1. The van der Waals surface area contributed by atoms with Gasteiger partial charge in [-0.05, 0) is 48.0 Å². The van der Waals surface area contributed by atoms with Gasteiger partial charge in [-0.25, -0.2) is 0 Å². The number of rotatable bonds is 4. The number of hydrogen-bond donors (Lipinski definition) is 0. The summed E-state index contributed by atoms with van der Waals surface area (Å²) >= 11 is 0. The smallest absolute Gasteiger partial charge is 0.269 e. The van der Waals surface area contributed by atoms with Gasteiger partial charge in [0.25, 0.3) is 5.69 Å². The van der Waals surface area contributed by atoms with E-state index in [0.29, 0.717) is 5.56 Å². The van der Waals surface area contributed by atoms with Crippen LogP contribution in [0, 0.1) is 10.1 Å². The van der Waals surface area contributed by atoms with Gasteiger partial charge >= 0.3 is 0 Å². The number of benzene rings is 3. The number of carbonyl (C=O) groups is 1. The molecule has 0 fully saturated rings. The molecule has 1 heterocycles. The van der Waals surface area contributed by atoms with E-state index in [1.54, 1.807) is 18.2 Å². The summed E-state index contributed by atoms with van der Waals surface area (Å²) < 4.78 is 2.12. The van der Waals surface area contributed by atoms with Crippen LogP contribution in [0.15, 0.2) is 72.8 Å². The van der Waals surface area contributed by atoms with Gasteiger partial charge < -0.3 is 4.57 Å². The number of nitro groups is 1. The summed E-state index contributed by atoms with van der Waals surface area (Å²) in [4.78, 5) is 22.8. The zero-order chi connectivity index (χ0) is 19.0. The fourth-order valence-corrected chi connectivity index (χ4v) is 3.30. The van der Waals surface area contributed by atoms with Crippen molar-refractivity contribution < 1.29 is 9.72 Å². The number of allylic oxidation sites excluding steroid dienone is 1. The van der Waals surface area contributed by atoms with Crippen LogP contribution in [-0.2, 0) is 7.05 Å². The normalized spacial score (nSPS) is 11.4. The number of non-ortho nitro benzene ring substituents is 1. The molecule has 0 saturated heterocycles. The Morgan fingerprint density at radius 3 is 2.41 bits per heavy atom. The average Bonchev–Trinajstić information content (AvgIpc) is 2.98. The lowest BCUT2D eigenvalue weighted by Gasteiger charge is -2.00. The predicted octanol–water partition coefficient (Wildman–Crippen LogP) is 5.14. The molecule has 0 amide bonds. The molecular formula is C22H16N2O3. The van der Waals surface area contributed by atoms with E-state index in [4.69, 9.17) is 0 Å². The van der Waals surface area contributed by atoms with E-state index >= 15 is 0 Å². The van der Waals surface area contributed by atoms with Gasteiger partial charge in [0.2, 0.25) is 0 Å². The Balaban J connectivity index is 1.66. The van der Waals surface area contributed by atoms with Crippen molar-refractivity contribution in [3.8, 4) is 0 Å². The summed E-state index contributed by atoms with van der Waals surface area (Å²) in [6.45, 7) is 0. The Morgan fingerprint density at radius 2 is 1.67 bits per heavy atom. The molecule has 0 N–H and O–H groups in total. The largest absolute Gasteiger partial charge is 0.344 e. The molecule has 0 atom stereocenters. The van der Waals surface area contributed by atoms with Crippen molar-refractivity contribution in [2.45, 2.75) is 0 Å². The van der Waals surface area contributed by atoms with Gasteiger partial charge in [0.1, 0.15) is 0 Å². The summed E-state index contributed by atoms with van der Waals surface area (Å²) in [7, 11) is 2.01. The van der Waals surface area contributed by atoms with Crippen LogP contribution in [0.2, 0.25) is 0 Å². The van der Waals surface area contributed by atoms with E-state index in [0.717, 1.165) is 27.4 Å². The first-order valence-corrected chi connectivity index (χ1v) is 8.48. The minimum atomic E-state index is -0.446. The van der Waals surface area contributed by atoms with E-state index < -0.39 is 4.92 Å². The highest BCUT2D eigenvalue weighted by atomic mass is 16.6. The number of hydrogen-bond acceptors (Lipinski definition) is 3. The molecule has 4 aromatic rings. The van der Waals surface area contributed by atoms with Crippen LogP contribution >= 0.6 is 0 Å². The molecule has 5 nitrogen and oxygen atoms in total. The lowest BCUT2D eigenvalue weighted by atomic mass is 10.1. The predicted molar refractivity (Wildman–Crippen MR) is 107 cm³/mol. The first-order valence-electron chi connectivity index (χ1n) is 8.48. The standard InChI is InChI=1S/C22H16N2O3/c1-23-20-5-3-2-4-18(20)19-14-16(9-12-21(19)23)22(25)13-8-15-6-10-17(11-7-15)24(26)27/h2-14H,1H3. The van der Waals surface area contributed by atoms with Crippen LogP contribution in [-0.4, -0.2) is 15.3 Å². The molecule has 5 heteroatoms. The van der Waals surface area contributed by atoms with E-state index in [2.05, 4.69) is 16.7 Å². The van der Waals surface area contributed by atoms with Crippen molar-refractivity contribution in [1.82, 2.24) is 4.57 Å². The van der Waals surface area contributed by atoms with Gasteiger partial charge in [-0.3, -0.25) is 14.9 Å². The van der Waals surface area contributed by atoms with Crippen LogP contribution in [0.25, 0.3) is 27.9 Å². The quantitative estimate of drug-likeness (QED) is 0.220. The topological polar surface area (TPSA) is 65.1 Å². The van der Waals surface area contributed by atoms with Gasteiger partial charge in [0.15, 0.2) is 5.78 Å². The van der Waals surface area contributed by atoms with Crippen molar-refractivity contribution in [1.29, 1.82) is 0 Å². The SMILES string of the molecule is Cn1c2ccccc2c2cc(C(=O)C=Cc3ccc([N+](=O)[O-])cc3)ccc21. The average molecular weight is 356 g/mol. The molecule has 132 valence electrons. The number of aromatic nitrogens is 1. The lowest BCUT2D eigenvalue weighted by Crippen LogP contribution is -1.94. The van der Waals surface area contributed by atoms with Gasteiger partial charge in [0, 0.05) is 46.5 Å². The zero-order valence-electron chi connectivity index (χ0n) is 14.6. The van der Waals surface area contributed by atoms with Gasteiger partial charge in [0.05, 0.1) is 4.92 Å². The summed E-state index contributed by atoms with van der Waals surface area (Å²) in [6.07, 6.45) is 3.16. The van der Waals surface area contributed by atoms with Gasteiger partial charge in [-0.1, -0.05) is 24.3 Å². The molecule has 27 heavy (non-hydrogen) atoms. The van der Waals surface area contributed by atoms with Gasteiger partial charge in [-0.15, -0.1) is 0 Å². The molecule has 0 unspecified atom stereocenters. The Labute approximate surface area is 155 Å². The summed E-state index contributed by atoms with van der Waals surface area (Å²) in [5, 5.41) is 12.9. The molecule has 0 radical (unpaired) electrons. The van der Waals surface area contributed by atoms with Crippen molar-refractivity contribution in [2.24, 2.45) is 7.05 Å². The maximum atomic E-state index is 12.6. The minimum Gasteiger partial charge on any atom is -0.344 e. The maximum absolute atomic E-state index is 12.6. The highest BCUT2D eigenvalue weighted by molar-refractivity contribution is 6.13. The first-order chi connectivity index (χ1) is 13.0. The van der Waals surface area contributed by atoms with Crippen molar-refractivity contribution in [3.63, 3.8) is 0 Å². The molecular weight excluding hydrogens is 340 g/mol. The number of fused-ring (bicyclic) bond motifs is 3. The molecule has 0 saturated carbocycles. The highest BCUT2D eigenvalue weighted by Crippen LogP contribution is 2.28. The summed E-state index contributed by atoms with van der Waals surface area (Å²) in [6, 6.07) is 19.9. The molecule has 0 aliphatic carbocycles. The van der Waals surface area contributed by atoms with E-state index in [1.807, 2.05) is 37.4 Å². The molecule has 4 rings (SSSR count). The molecule has 0 aliphatic heterocycles. The summed E-state index contributed by atoms with van der Waals surface area (Å²) in [5.41, 5.74) is 3.57. The third-order valence-electron chi connectivity index (χ3n) is 4.73. The Hall–Kier alpha value is -3.73. The molecule has 0 spiro atoms. The van der Waals surface area contributed by atoms with Crippen LogP contribution < -0.4 is 0 Å².